The van der Waals surface area contributed by atoms with Gasteiger partial charge in [0.2, 0.25) is 5.69 Å². The summed E-state index contributed by atoms with van der Waals surface area (Å²) in [5.41, 5.74) is 6.27. The van der Waals surface area contributed by atoms with Crippen LogP contribution in [0, 0.1) is 10.5 Å². The van der Waals surface area contributed by atoms with Crippen molar-refractivity contribution in [3.05, 3.63) is 92.8 Å². The molecule has 3 heteroatoms. The summed E-state index contributed by atoms with van der Waals surface area (Å²) in [7, 11) is 4.14. The number of aryl methyl sites for hydroxylation is 1. The summed E-state index contributed by atoms with van der Waals surface area (Å²) in [4.78, 5) is 2.13. The van der Waals surface area contributed by atoms with Gasteiger partial charge in [0.25, 0.3) is 0 Å². The van der Waals surface area contributed by atoms with Gasteiger partial charge in [0.15, 0.2) is 12.7 Å². The largest absolute Gasteiger partial charge is 0.378 e. The Morgan fingerprint density at radius 2 is 1.73 bits per heavy atom. The standard InChI is InChI=1S/C23H24IN2/c1-18-16-23(25(2)3)14-10-20(18)9-13-22-6-4-5-15-26(22)17-19-7-11-21(24)12-8-19/h4-16H,17H2,1-3H3/q+1. The Morgan fingerprint density at radius 1 is 0.962 bits per heavy atom. The van der Waals surface area contributed by atoms with E-state index in [2.05, 4.69) is 132 Å². The Balaban J connectivity index is 1.84. The van der Waals surface area contributed by atoms with Gasteiger partial charge in [0.05, 0.1) is 0 Å². The van der Waals surface area contributed by atoms with Crippen LogP contribution in [-0.4, -0.2) is 14.1 Å². The maximum absolute atomic E-state index is 2.34. The number of aromatic nitrogens is 1. The van der Waals surface area contributed by atoms with E-state index in [4.69, 9.17) is 0 Å². The van der Waals surface area contributed by atoms with E-state index in [1.54, 1.807) is 0 Å². The van der Waals surface area contributed by atoms with Gasteiger partial charge in [0, 0.05) is 47.1 Å². The summed E-state index contributed by atoms with van der Waals surface area (Å²) >= 11 is 2.34. The first-order valence-corrected chi connectivity index (χ1v) is 9.80. The van der Waals surface area contributed by atoms with Crippen molar-refractivity contribution < 1.29 is 4.57 Å². The quantitative estimate of drug-likeness (QED) is 0.380. The van der Waals surface area contributed by atoms with E-state index in [9.17, 15) is 0 Å². The van der Waals surface area contributed by atoms with Crippen molar-refractivity contribution >= 4 is 40.4 Å². The van der Waals surface area contributed by atoms with Crippen LogP contribution in [0.5, 0.6) is 0 Å². The van der Waals surface area contributed by atoms with Gasteiger partial charge in [-0.2, -0.15) is 4.57 Å². The molecular weight excluding hydrogens is 431 g/mol. The average Bonchev–Trinajstić information content (AvgIpc) is 2.63. The lowest BCUT2D eigenvalue weighted by atomic mass is 10.1. The Labute approximate surface area is 169 Å². The molecule has 0 saturated heterocycles. The Morgan fingerprint density at radius 3 is 2.42 bits per heavy atom. The number of rotatable bonds is 5. The molecule has 0 bridgehead atoms. The molecule has 0 unspecified atom stereocenters. The molecule has 2 aromatic carbocycles. The van der Waals surface area contributed by atoms with E-state index in [1.807, 2.05) is 0 Å². The zero-order valence-electron chi connectivity index (χ0n) is 15.5. The summed E-state index contributed by atoms with van der Waals surface area (Å²) in [5.74, 6) is 0. The van der Waals surface area contributed by atoms with Crippen LogP contribution in [0.25, 0.3) is 12.2 Å². The summed E-state index contributed by atoms with van der Waals surface area (Å²) < 4.78 is 3.54. The van der Waals surface area contributed by atoms with Crippen LogP contribution >= 0.6 is 22.6 Å². The molecule has 0 fully saturated rings. The van der Waals surface area contributed by atoms with Crippen molar-refractivity contribution in [1.29, 1.82) is 0 Å². The fourth-order valence-electron chi connectivity index (χ4n) is 2.87. The van der Waals surface area contributed by atoms with E-state index in [0.29, 0.717) is 0 Å². The monoisotopic (exact) mass is 455 g/mol. The fourth-order valence-corrected chi connectivity index (χ4v) is 3.23. The number of pyridine rings is 1. The first-order valence-electron chi connectivity index (χ1n) is 8.72. The van der Waals surface area contributed by atoms with Crippen molar-refractivity contribution in [3.63, 3.8) is 0 Å². The number of halogens is 1. The van der Waals surface area contributed by atoms with Crippen LogP contribution in [0.3, 0.4) is 0 Å². The highest BCUT2D eigenvalue weighted by Gasteiger charge is 2.08. The van der Waals surface area contributed by atoms with E-state index < -0.39 is 0 Å². The van der Waals surface area contributed by atoms with Crippen LogP contribution in [0.2, 0.25) is 0 Å². The summed E-state index contributed by atoms with van der Waals surface area (Å²) in [6, 6.07) is 21.6. The van der Waals surface area contributed by atoms with E-state index in [1.165, 1.54) is 31.6 Å². The molecule has 2 nitrogen and oxygen atoms in total. The number of anilines is 1. The van der Waals surface area contributed by atoms with Gasteiger partial charge >= 0.3 is 0 Å². The highest BCUT2D eigenvalue weighted by molar-refractivity contribution is 14.1. The molecule has 26 heavy (non-hydrogen) atoms. The summed E-state index contributed by atoms with van der Waals surface area (Å²) in [6.07, 6.45) is 6.54. The molecule has 0 saturated carbocycles. The topological polar surface area (TPSA) is 7.12 Å². The Kier molecular flexibility index (Phi) is 6.09. The lowest BCUT2D eigenvalue weighted by Gasteiger charge is -2.13. The third-order valence-corrected chi connectivity index (χ3v) is 5.16. The maximum Gasteiger partial charge on any atom is 0.205 e. The minimum Gasteiger partial charge on any atom is -0.378 e. The second kappa shape index (κ2) is 8.49. The van der Waals surface area contributed by atoms with E-state index >= 15 is 0 Å². The first-order chi connectivity index (χ1) is 12.5. The molecule has 1 heterocycles. The third-order valence-electron chi connectivity index (χ3n) is 4.45. The number of hydrogen-bond donors (Lipinski definition) is 0. The van der Waals surface area contributed by atoms with Crippen molar-refractivity contribution in [2.24, 2.45) is 0 Å². The highest BCUT2D eigenvalue weighted by Crippen LogP contribution is 2.19. The SMILES string of the molecule is Cc1cc(N(C)C)ccc1/C=C/c1cccc[n+]1Cc1ccc(I)cc1. The second-order valence-corrected chi connectivity index (χ2v) is 7.89. The number of nitrogens with zero attached hydrogens (tertiary/aromatic N) is 2. The normalized spacial score (nSPS) is 11.1. The minimum atomic E-state index is 0.871. The zero-order valence-corrected chi connectivity index (χ0v) is 17.6. The molecule has 1 aromatic heterocycles. The molecule has 0 atom stereocenters. The van der Waals surface area contributed by atoms with Crippen molar-refractivity contribution in [2.75, 3.05) is 19.0 Å². The molecule has 0 aliphatic heterocycles. The number of benzene rings is 2. The first kappa shape index (κ1) is 18.6. The van der Waals surface area contributed by atoms with Gasteiger partial charge in [-0.3, -0.25) is 0 Å². The molecule has 132 valence electrons. The molecule has 0 aliphatic rings. The molecule has 0 spiro atoms. The lowest BCUT2D eigenvalue weighted by molar-refractivity contribution is -0.690. The predicted molar refractivity (Wildman–Crippen MR) is 119 cm³/mol. The molecule has 3 rings (SSSR count). The van der Waals surface area contributed by atoms with Crippen LogP contribution in [0.1, 0.15) is 22.4 Å². The van der Waals surface area contributed by atoms with Gasteiger partial charge in [-0.1, -0.05) is 18.2 Å². The van der Waals surface area contributed by atoms with Crippen molar-refractivity contribution in [2.45, 2.75) is 13.5 Å². The van der Waals surface area contributed by atoms with Crippen LogP contribution in [0.4, 0.5) is 5.69 Å². The van der Waals surface area contributed by atoms with Crippen LogP contribution < -0.4 is 9.47 Å². The maximum atomic E-state index is 2.34. The van der Waals surface area contributed by atoms with Crippen LogP contribution in [-0.2, 0) is 6.54 Å². The van der Waals surface area contributed by atoms with Gasteiger partial charge in [-0.25, -0.2) is 0 Å². The van der Waals surface area contributed by atoms with Crippen molar-refractivity contribution in [1.82, 2.24) is 0 Å². The van der Waals surface area contributed by atoms with Crippen molar-refractivity contribution in [3.8, 4) is 0 Å². The summed E-state index contributed by atoms with van der Waals surface area (Å²) in [6.45, 7) is 3.04. The lowest BCUT2D eigenvalue weighted by Crippen LogP contribution is -2.36. The van der Waals surface area contributed by atoms with Gasteiger partial charge in [0.1, 0.15) is 0 Å². The third kappa shape index (κ3) is 4.73. The van der Waals surface area contributed by atoms with Gasteiger partial charge < -0.3 is 4.90 Å². The molecule has 0 aliphatic carbocycles. The molecule has 3 aromatic rings. The smallest absolute Gasteiger partial charge is 0.205 e. The molecular formula is C23H24IN2+. The van der Waals surface area contributed by atoms with Gasteiger partial charge in [-0.15, -0.1) is 0 Å². The molecule has 0 N–H and O–H groups in total. The average molecular weight is 455 g/mol. The zero-order chi connectivity index (χ0) is 18.5. The predicted octanol–water partition coefficient (Wildman–Crippen LogP) is 5.17. The second-order valence-electron chi connectivity index (χ2n) is 6.65. The molecule has 0 amide bonds. The highest BCUT2D eigenvalue weighted by atomic mass is 127. The van der Waals surface area contributed by atoms with Crippen LogP contribution in [0.15, 0.2) is 66.9 Å². The minimum absolute atomic E-state index is 0.871. The Bertz CT molecular complexity index is 912. The fraction of sp³-hybridized carbons (Fsp3) is 0.174. The Hall–Kier alpha value is -2.14. The summed E-state index contributed by atoms with van der Waals surface area (Å²) in [5, 5.41) is 0. The number of hydrogen-bond acceptors (Lipinski definition) is 1. The molecule has 0 radical (unpaired) electrons. The van der Waals surface area contributed by atoms with E-state index in [-0.39, 0.29) is 0 Å². The van der Waals surface area contributed by atoms with Gasteiger partial charge in [-0.05, 0) is 77.0 Å². The van der Waals surface area contributed by atoms with E-state index in [0.717, 1.165) is 6.54 Å².